The van der Waals surface area contributed by atoms with Crippen molar-refractivity contribution in [3.05, 3.63) is 0 Å². The van der Waals surface area contributed by atoms with Gasteiger partial charge < -0.3 is 19.9 Å². The second-order valence-electron chi connectivity index (χ2n) is 2.68. The van der Waals surface area contributed by atoms with Crippen molar-refractivity contribution in [1.29, 1.82) is 0 Å². The van der Waals surface area contributed by atoms with Gasteiger partial charge in [-0.25, -0.2) is 0 Å². The van der Waals surface area contributed by atoms with Crippen LogP contribution in [-0.2, 0) is 14.2 Å². The van der Waals surface area contributed by atoms with Crippen LogP contribution >= 0.6 is 0 Å². The fourth-order valence-electron chi connectivity index (χ4n) is 1.31. The van der Waals surface area contributed by atoms with Gasteiger partial charge in [0.25, 0.3) is 0 Å². The normalized spacial score (nSPS) is 37.9. The summed E-state index contributed by atoms with van der Waals surface area (Å²) in [4.78, 5) is 0. The maximum Gasteiger partial charge on any atom is 0.109 e. The molecule has 0 amide bonds. The number of rotatable bonds is 3. The van der Waals surface area contributed by atoms with Crippen LogP contribution in [0.25, 0.3) is 0 Å². The van der Waals surface area contributed by atoms with E-state index in [-0.39, 0.29) is 18.4 Å². The molecule has 0 unspecified atom stereocenters. The lowest BCUT2D eigenvalue weighted by Crippen LogP contribution is -2.27. The van der Waals surface area contributed by atoms with Crippen molar-refractivity contribution in [2.45, 2.75) is 24.9 Å². The van der Waals surface area contributed by atoms with E-state index >= 15 is 0 Å². The average Bonchev–Trinajstić information content (AvgIpc) is 2.32. The summed E-state index contributed by atoms with van der Waals surface area (Å²) in [5.41, 5.74) is 5.56. The maximum absolute atomic E-state index is 5.56. The Bertz CT molecular complexity index is 120. The molecule has 1 fully saturated rings. The zero-order valence-electron chi connectivity index (χ0n) is 6.95. The Morgan fingerprint density at radius 3 is 2.82 bits per heavy atom. The van der Waals surface area contributed by atoms with Gasteiger partial charge in [0.15, 0.2) is 0 Å². The van der Waals surface area contributed by atoms with E-state index < -0.39 is 0 Å². The first-order valence-corrected chi connectivity index (χ1v) is 3.70. The Morgan fingerprint density at radius 1 is 1.55 bits per heavy atom. The number of nitrogens with two attached hydrogens (primary N) is 1. The van der Waals surface area contributed by atoms with Crippen molar-refractivity contribution >= 4 is 0 Å². The van der Waals surface area contributed by atoms with Crippen LogP contribution in [0.1, 0.15) is 6.42 Å². The second kappa shape index (κ2) is 4.01. The largest absolute Gasteiger partial charge is 0.382 e. The Balaban J connectivity index is 2.37. The predicted octanol–water partition coefficient (Wildman–Crippen LogP) is -0.278. The first-order valence-electron chi connectivity index (χ1n) is 3.70. The van der Waals surface area contributed by atoms with Crippen molar-refractivity contribution in [1.82, 2.24) is 0 Å². The van der Waals surface area contributed by atoms with Gasteiger partial charge in [0, 0.05) is 20.6 Å². The van der Waals surface area contributed by atoms with E-state index in [2.05, 4.69) is 0 Å². The van der Waals surface area contributed by atoms with Crippen molar-refractivity contribution in [2.24, 2.45) is 5.73 Å². The molecule has 1 saturated heterocycles. The summed E-state index contributed by atoms with van der Waals surface area (Å²) in [5, 5.41) is 0. The summed E-state index contributed by atoms with van der Waals surface area (Å²) < 4.78 is 15.4. The van der Waals surface area contributed by atoms with E-state index in [4.69, 9.17) is 19.9 Å². The first-order chi connectivity index (χ1) is 5.27. The highest BCUT2D eigenvalue weighted by Gasteiger charge is 2.33. The van der Waals surface area contributed by atoms with Crippen LogP contribution in [0, 0.1) is 0 Å². The predicted molar refractivity (Wildman–Crippen MR) is 40.1 cm³/mol. The minimum Gasteiger partial charge on any atom is -0.382 e. The van der Waals surface area contributed by atoms with Gasteiger partial charge in [-0.3, -0.25) is 0 Å². The second-order valence-corrected chi connectivity index (χ2v) is 2.68. The minimum absolute atomic E-state index is 0.000000000000000444. The molecule has 0 bridgehead atoms. The van der Waals surface area contributed by atoms with Crippen LogP contribution in [0.4, 0.5) is 0 Å². The molecule has 1 heterocycles. The summed E-state index contributed by atoms with van der Waals surface area (Å²) in [6.45, 7) is 0.548. The third kappa shape index (κ3) is 2.13. The molecule has 2 N–H and O–H groups in total. The van der Waals surface area contributed by atoms with Crippen molar-refractivity contribution in [3.8, 4) is 0 Å². The molecule has 1 aliphatic rings. The van der Waals surface area contributed by atoms with Crippen LogP contribution in [-0.4, -0.2) is 39.3 Å². The fourth-order valence-corrected chi connectivity index (χ4v) is 1.31. The van der Waals surface area contributed by atoms with Crippen LogP contribution in [0.15, 0.2) is 0 Å². The molecule has 0 radical (unpaired) electrons. The zero-order chi connectivity index (χ0) is 8.27. The smallest absolute Gasteiger partial charge is 0.109 e. The van der Waals surface area contributed by atoms with Gasteiger partial charge in [-0.1, -0.05) is 0 Å². The standard InChI is InChI=1S/C7H15NO3/c1-9-4-6-5(10-2)3-7(8)11-6/h5-7H,3-4,8H2,1-2H3/t5-,6-,7-/m1/s1. The molecule has 11 heavy (non-hydrogen) atoms. The van der Waals surface area contributed by atoms with Gasteiger partial charge in [-0.15, -0.1) is 0 Å². The van der Waals surface area contributed by atoms with Gasteiger partial charge in [0.2, 0.25) is 0 Å². The molecule has 0 spiro atoms. The third-order valence-corrected chi connectivity index (χ3v) is 1.86. The lowest BCUT2D eigenvalue weighted by molar-refractivity contribution is -0.0425. The van der Waals surface area contributed by atoms with Gasteiger partial charge in [-0.2, -0.15) is 0 Å². The van der Waals surface area contributed by atoms with Crippen LogP contribution in [0.3, 0.4) is 0 Å². The molecule has 4 nitrogen and oxygen atoms in total. The molecule has 0 aromatic carbocycles. The highest BCUT2D eigenvalue weighted by molar-refractivity contribution is 4.80. The Hall–Kier alpha value is -0.160. The molecule has 4 heteroatoms. The molecule has 0 aromatic heterocycles. The lowest BCUT2D eigenvalue weighted by Gasteiger charge is -2.15. The van der Waals surface area contributed by atoms with Gasteiger partial charge in [0.1, 0.15) is 12.3 Å². The summed E-state index contributed by atoms with van der Waals surface area (Å²) in [6.07, 6.45) is 0.648. The number of hydrogen-bond donors (Lipinski definition) is 1. The quantitative estimate of drug-likeness (QED) is 0.618. The molecule has 1 aliphatic heterocycles. The maximum atomic E-state index is 5.56. The van der Waals surface area contributed by atoms with Crippen LogP contribution < -0.4 is 5.73 Å². The summed E-state index contributed by atoms with van der Waals surface area (Å²) in [7, 11) is 3.30. The Kier molecular flexibility index (Phi) is 3.26. The van der Waals surface area contributed by atoms with Gasteiger partial charge in [0.05, 0.1) is 12.7 Å². The van der Waals surface area contributed by atoms with Crippen molar-refractivity contribution < 1.29 is 14.2 Å². The van der Waals surface area contributed by atoms with E-state index in [0.717, 1.165) is 6.42 Å². The molecular weight excluding hydrogens is 146 g/mol. The van der Waals surface area contributed by atoms with Crippen molar-refractivity contribution in [3.63, 3.8) is 0 Å². The highest BCUT2D eigenvalue weighted by Crippen LogP contribution is 2.19. The molecule has 0 aromatic rings. The number of methoxy groups -OCH3 is 2. The Morgan fingerprint density at radius 2 is 2.27 bits per heavy atom. The molecule has 1 rings (SSSR count). The summed E-state index contributed by atoms with van der Waals surface area (Å²) in [5.74, 6) is 0. The number of ether oxygens (including phenoxy) is 3. The van der Waals surface area contributed by atoms with Crippen molar-refractivity contribution in [2.75, 3.05) is 20.8 Å². The van der Waals surface area contributed by atoms with E-state index in [1.54, 1.807) is 14.2 Å². The fraction of sp³-hybridized carbons (Fsp3) is 1.00. The van der Waals surface area contributed by atoms with E-state index in [9.17, 15) is 0 Å². The van der Waals surface area contributed by atoms with E-state index in [1.165, 1.54) is 0 Å². The molecular formula is C7H15NO3. The van der Waals surface area contributed by atoms with Gasteiger partial charge >= 0.3 is 0 Å². The molecule has 0 aliphatic carbocycles. The average molecular weight is 161 g/mol. The minimum atomic E-state index is -0.194. The molecule has 0 saturated carbocycles. The SMILES string of the molecule is COC[C@H]1O[C@@H](N)C[C@H]1OC. The van der Waals surface area contributed by atoms with Gasteiger partial charge in [-0.05, 0) is 0 Å². The van der Waals surface area contributed by atoms with Crippen LogP contribution in [0.2, 0.25) is 0 Å². The highest BCUT2D eigenvalue weighted by atomic mass is 16.6. The number of hydrogen-bond acceptors (Lipinski definition) is 4. The third-order valence-electron chi connectivity index (χ3n) is 1.86. The Labute approximate surface area is 66.6 Å². The first kappa shape index (κ1) is 8.93. The molecule has 3 atom stereocenters. The zero-order valence-corrected chi connectivity index (χ0v) is 6.95. The van der Waals surface area contributed by atoms with E-state index in [1.807, 2.05) is 0 Å². The van der Waals surface area contributed by atoms with E-state index in [0.29, 0.717) is 6.61 Å². The van der Waals surface area contributed by atoms with Crippen LogP contribution in [0.5, 0.6) is 0 Å². The summed E-state index contributed by atoms with van der Waals surface area (Å²) in [6, 6.07) is 0. The lowest BCUT2D eigenvalue weighted by atomic mass is 10.2. The summed E-state index contributed by atoms with van der Waals surface area (Å²) >= 11 is 0. The monoisotopic (exact) mass is 161 g/mol. The molecule has 66 valence electrons. The topological polar surface area (TPSA) is 53.7 Å².